The molecule has 0 saturated heterocycles. The largest absolute Gasteiger partial charge is 0.444 e. The third-order valence-electron chi connectivity index (χ3n) is 1.83. The summed E-state index contributed by atoms with van der Waals surface area (Å²) >= 11 is 7.08. The summed E-state index contributed by atoms with van der Waals surface area (Å²) in [6.45, 7) is 5.39. The summed E-state index contributed by atoms with van der Waals surface area (Å²) in [4.78, 5) is 19.8. The van der Waals surface area contributed by atoms with Crippen LogP contribution in [0, 0.1) is 0 Å². The number of ether oxygens (including phenoxy) is 1. The number of halogens is 1. The molecule has 0 aliphatic rings. The van der Waals surface area contributed by atoms with Crippen LogP contribution in [0.15, 0.2) is 12.1 Å². The Morgan fingerprint density at radius 3 is 2.78 bits per heavy atom. The molecule has 96 valence electrons. The zero-order valence-electron chi connectivity index (χ0n) is 10.2. The summed E-state index contributed by atoms with van der Waals surface area (Å²) in [5.74, 6) is 0. The van der Waals surface area contributed by atoms with E-state index in [1.54, 1.807) is 26.8 Å². The topological polar surface area (TPSA) is 64.1 Å². The second-order valence-corrected chi connectivity index (χ2v) is 6.02. The molecule has 18 heavy (non-hydrogen) atoms. The summed E-state index contributed by atoms with van der Waals surface area (Å²) in [7, 11) is 0. The minimum atomic E-state index is -0.539. The molecular weight excluding hydrogens is 274 g/mol. The van der Waals surface area contributed by atoms with Gasteiger partial charge in [-0.25, -0.2) is 9.78 Å². The Morgan fingerprint density at radius 1 is 1.39 bits per heavy atom. The number of pyridine rings is 1. The SMILES string of the molecule is CC(C)(C)OC(=O)Nc1nc2nc(Cl)ccc2s1. The van der Waals surface area contributed by atoms with Gasteiger partial charge in [-0.05, 0) is 32.9 Å². The van der Waals surface area contributed by atoms with Crippen molar-refractivity contribution in [3.8, 4) is 0 Å². The van der Waals surface area contributed by atoms with Crippen molar-refractivity contribution in [2.45, 2.75) is 26.4 Å². The van der Waals surface area contributed by atoms with Crippen molar-refractivity contribution in [2.24, 2.45) is 0 Å². The van der Waals surface area contributed by atoms with Crippen molar-refractivity contribution in [1.29, 1.82) is 0 Å². The number of anilines is 1. The van der Waals surface area contributed by atoms with Gasteiger partial charge in [0.25, 0.3) is 0 Å². The third-order valence-corrected chi connectivity index (χ3v) is 2.96. The van der Waals surface area contributed by atoms with Crippen molar-refractivity contribution < 1.29 is 9.53 Å². The van der Waals surface area contributed by atoms with Gasteiger partial charge in [-0.2, -0.15) is 4.98 Å². The van der Waals surface area contributed by atoms with Gasteiger partial charge in [0.15, 0.2) is 10.8 Å². The van der Waals surface area contributed by atoms with Gasteiger partial charge in [0, 0.05) is 0 Å². The summed E-state index contributed by atoms with van der Waals surface area (Å²) < 4.78 is 5.98. The van der Waals surface area contributed by atoms with Crippen molar-refractivity contribution in [2.75, 3.05) is 5.32 Å². The van der Waals surface area contributed by atoms with Crippen LogP contribution in [0.3, 0.4) is 0 Å². The lowest BCUT2D eigenvalue weighted by molar-refractivity contribution is 0.0636. The molecule has 0 spiro atoms. The van der Waals surface area contributed by atoms with Crippen molar-refractivity contribution in [1.82, 2.24) is 9.97 Å². The Labute approximate surface area is 113 Å². The van der Waals surface area contributed by atoms with Gasteiger partial charge in [0.05, 0.1) is 4.70 Å². The highest BCUT2D eigenvalue weighted by Crippen LogP contribution is 2.26. The first-order valence-electron chi connectivity index (χ1n) is 5.26. The highest BCUT2D eigenvalue weighted by atomic mass is 35.5. The summed E-state index contributed by atoms with van der Waals surface area (Å²) in [5.41, 5.74) is -0.0268. The van der Waals surface area contributed by atoms with Crippen LogP contribution < -0.4 is 5.32 Å². The molecule has 0 unspecified atom stereocenters. The maximum absolute atomic E-state index is 11.6. The minimum absolute atomic E-state index is 0.372. The fourth-order valence-electron chi connectivity index (χ4n) is 1.24. The number of fused-ring (bicyclic) bond motifs is 1. The van der Waals surface area contributed by atoms with Crippen LogP contribution in [0.1, 0.15) is 20.8 Å². The first-order chi connectivity index (χ1) is 8.33. The number of carbonyl (C=O) groups is 1. The number of rotatable bonds is 1. The predicted molar refractivity (Wildman–Crippen MR) is 72.3 cm³/mol. The first-order valence-corrected chi connectivity index (χ1v) is 6.46. The summed E-state index contributed by atoms with van der Waals surface area (Å²) in [6.07, 6.45) is -0.535. The van der Waals surface area contributed by atoms with Crippen LogP contribution in [-0.2, 0) is 4.74 Å². The molecule has 0 aromatic carbocycles. The molecule has 0 saturated carbocycles. The maximum Gasteiger partial charge on any atom is 0.413 e. The van der Waals surface area contributed by atoms with E-state index in [1.807, 2.05) is 6.07 Å². The quantitative estimate of drug-likeness (QED) is 0.812. The zero-order valence-corrected chi connectivity index (χ0v) is 11.7. The number of nitrogens with zero attached hydrogens (tertiary/aromatic N) is 2. The highest BCUT2D eigenvalue weighted by Gasteiger charge is 2.17. The second kappa shape index (κ2) is 4.70. The molecule has 5 nitrogen and oxygen atoms in total. The Kier molecular flexibility index (Phi) is 3.41. The van der Waals surface area contributed by atoms with Crippen LogP contribution in [0.25, 0.3) is 10.3 Å². The van der Waals surface area contributed by atoms with E-state index in [-0.39, 0.29) is 0 Å². The number of nitrogens with one attached hydrogen (secondary N) is 1. The monoisotopic (exact) mass is 285 g/mol. The lowest BCUT2D eigenvalue weighted by Gasteiger charge is -2.18. The zero-order chi connectivity index (χ0) is 13.3. The van der Waals surface area contributed by atoms with Gasteiger partial charge in [-0.3, -0.25) is 5.32 Å². The predicted octanol–water partition coefficient (Wildman–Crippen LogP) is 3.69. The molecule has 0 radical (unpaired) electrons. The number of amides is 1. The smallest absolute Gasteiger partial charge is 0.413 e. The molecule has 2 aromatic rings. The molecule has 0 bridgehead atoms. The molecule has 0 aliphatic carbocycles. The summed E-state index contributed by atoms with van der Waals surface area (Å²) in [6, 6.07) is 3.49. The highest BCUT2D eigenvalue weighted by molar-refractivity contribution is 7.22. The molecule has 2 aromatic heterocycles. The van der Waals surface area contributed by atoms with Gasteiger partial charge in [-0.1, -0.05) is 22.9 Å². The Morgan fingerprint density at radius 2 is 2.11 bits per heavy atom. The van der Waals surface area contributed by atoms with Crippen molar-refractivity contribution in [3.63, 3.8) is 0 Å². The number of thiazole rings is 1. The van der Waals surface area contributed by atoms with E-state index in [9.17, 15) is 4.79 Å². The standard InChI is InChI=1S/C11H12ClN3O2S/c1-11(2,3)17-10(16)15-9-14-8-6(18-9)4-5-7(12)13-8/h4-5H,1-3H3,(H,13,14,15,16). The van der Waals surface area contributed by atoms with Gasteiger partial charge >= 0.3 is 6.09 Å². The van der Waals surface area contributed by atoms with Crippen LogP contribution in [-0.4, -0.2) is 21.7 Å². The van der Waals surface area contributed by atoms with E-state index < -0.39 is 11.7 Å². The lowest BCUT2D eigenvalue weighted by atomic mass is 10.2. The van der Waals surface area contributed by atoms with Crippen molar-refractivity contribution in [3.05, 3.63) is 17.3 Å². The Bertz CT molecular complexity index is 591. The first kappa shape index (κ1) is 13.0. The van der Waals surface area contributed by atoms with E-state index in [2.05, 4.69) is 15.3 Å². The lowest BCUT2D eigenvalue weighted by Crippen LogP contribution is -2.27. The number of hydrogen-bond acceptors (Lipinski definition) is 5. The van der Waals surface area contributed by atoms with E-state index in [4.69, 9.17) is 16.3 Å². The molecule has 2 rings (SSSR count). The van der Waals surface area contributed by atoms with E-state index >= 15 is 0 Å². The van der Waals surface area contributed by atoms with Gasteiger partial charge in [0.1, 0.15) is 10.8 Å². The molecular formula is C11H12ClN3O2S. The minimum Gasteiger partial charge on any atom is -0.444 e. The van der Waals surface area contributed by atoms with Gasteiger partial charge in [-0.15, -0.1) is 0 Å². The molecule has 0 aliphatic heterocycles. The fourth-order valence-corrected chi connectivity index (χ4v) is 2.18. The molecule has 0 fully saturated rings. The van der Waals surface area contributed by atoms with Crippen molar-refractivity contribution >= 4 is 44.5 Å². The van der Waals surface area contributed by atoms with Crippen LogP contribution in [0.4, 0.5) is 9.93 Å². The van der Waals surface area contributed by atoms with Crippen LogP contribution in [0.5, 0.6) is 0 Å². The second-order valence-electron chi connectivity index (χ2n) is 4.60. The average Bonchev–Trinajstić information content (AvgIpc) is 2.55. The van der Waals surface area contributed by atoms with E-state index in [1.165, 1.54) is 11.3 Å². The maximum atomic E-state index is 11.6. The number of hydrogen-bond donors (Lipinski definition) is 1. The normalized spacial score (nSPS) is 11.6. The molecule has 2 heterocycles. The van der Waals surface area contributed by atoms with Gasteiger partial charge < -0.3 is 4.74 Å². The third kappa shape index (κ3) is 3.30. The number of aromatic nitrogens is 2. The average molecular weight is 286 g/mol. The molecule has 1 amide bonds. The Hall–Kier alpha value is -1.40. The summed E-state index contributed by atoms with van der Waals surface area (Å²) in [5, 5.41) is 3.38. The fraction of sp³-hybridized carbons (Fsp3) is 0.364. The molecule has 0 atom stereocenters. The molecule has 1 N–H and O–H groups in total. The molecule has 7 heteroatoms. The van der Waals surface area contributed by atoms with Gasteiger partial charge in [0.2, 0.25) is 0 Å². The van der Waals surface area contributed by atoms with Crippen LogP contribution in [0.2, 0.25) is 5.15 Å². The van der Waals surface area contributed by atoms with E-state index in [0.717, 1.165) is 4.70 Å². The van der Waals surface area contributed by atoms with Crippen LogP contribution >= 0.6 is 22.9 Å². The number of carbonyl (C=O) groups excluding carboxylic acids is 1. The Balaban J connectivity index is 2.15. The van der Waals surface area contributed by atoms with E-state index in [0.29, 0.717) is 15.9 Å².